The summed E-state index contributed by atoms with van der Waals surface area (Å²) in [4.78, 5) is 5.45. The summed E-state index contributed by atoms with van der Waals surface area (Å²) in [5.74, 6) is 0.338. The lowest BCUT2D eigenvalue weighted by atomic mass is 9.98. The monoisotopic (exact) mass is 224 g/mol. The van der Waals surface area contributed by atoms with E-state index < -0.39 is 0 Å². The van der Waals surface area contributed by atoms with Gasteiger partial charge in [0.1, 0.15) is 0 Å². The van der Waals surface area contributed by atoms with Crippen LogP contribution in [0.15, 0.2) is 17.8 Å². The van der Waals surface area contributed by atoms with Gasteiger partial charge in [0, 0.05) is 24.2 Å². The minimum Gasteiger partial charge on any atom is -0.392 e. The van der Waals surface area contributed by atoms with Crippen LogP contribution in [0.1, 0.15) is 26.0 Å². The molecule has 0 saturated carbocycles. The molecule has 2 unspecified atom stereocenters. The molecule has 2 atom stereocenters. The van der Waals surface area contributed by atoms with Crippen LogP contribution in [0, 0.1) is 5.92 Å². The Kier molecular flexibility index (Phi) is 3.07. The molecule has 0 aromatic carbocycles. The molecule has 0 aliphatic rings. The maximum Gasteiger partial charge on any atom is 0.193 e. The number of nitrogens with zero attached hydrogens (tertiary/aromatic N) is 2. The summed E-state index contributed by atoms with van der Waals surface area (Å²) in [5.41, 5.74) is 0.981. The summed E-state index contributed by atoms with van der Waals surface area (Å²) < 4.78 is 2.00. The topological polar surface area (TPSA) is 37.5 Å². The summed E-state index contributed by atoms with van der Waals surface area (Å²) in [7, 11) is 0. The van der Waals surface area contributed by atoms with E-state index in [0.717, 1.165) is 17.1 Å². The molecule has 0 amide bonds. The van der Waals surface area contributed by atoms with Gasteiger partial charge in [0.25, 0.3) is 0 Å². The lowest BCUT2D eigenvalue weighted by Gasteiger charge is -2.15. The number of rotatable bonds is 4. The summed E-state index contributed by atoms with van der Waals surface area (Å²) >= 11 is 1.62. The first-order chi connectivity index (χ1) is 7.20. The van der Waals surface area contributed by atoms with Crippen molar-refractivity contribution in [2.45, 2.75) is 32.8 Å². The van der Waals surface area contributed by atoms with Gasteiger partial charge in [-0.3, -0.25) is 4.40 Å². The molecule has 4 heteroatoms. The Bertz CT molecular complexity index is 406. The molecule has 0 aliphatic carbocycles. The molecule has 0 radical (unpaired) electrons. The normalized spacial score (nSPS) is 15.7. The Hall–Kier alpha value is -0.870. The molecule has 1 N–H and O–H groups in total. The third-order valence-electron chi connectivity index (χ3n) is 2.86. The van der Waals surface area contributed by atoms with Crippen molar-refractivity contribution in [2.75, 3.05) is 0 Å². The van der Waals surface area contributed by atoms with Gasteiger partial charge in [-0.25, -0.2) is 4.98 Å². The van der Waals surface area contributed by atoms with Crippen LogP contribution in [0.2, 0.25) is 0 Å². The minimum atomic E-state index is -0.278. The molecular weight excluding hydrogens is 208 g/mol. The summed E-state index contributed by atoms with van der Waals surface area (Å²) in [6, 6.07) is 0. The first-order valence-corrected chi connectivity index (χ1v) is 6.17. The maximum atomic E-state index is 9.89. The van der Waals surface area contributed by atoms with Crippen molar-refractivity contribution in [1.29, 1.82) is 0 Å². The van der Waals surface area contributed by atoms with Crippen LogP contribution in [-0.2, 0) is 6.42 Å². The van der Waals surface area contributed by atoms with E-state index in [0.29, 0.717) is 12.3 Å². The Morgan fingerprint density at radius 1 is 1.60 bits per heavy atom. The van der Waals surface area contributed by atoms with Gasteiger partial charge >= 0.3 is 0 Å². The predicted molar refractivity (Wildman–Crippen MR) is 62.2 cm³/mol. The van der Waals surface area contributed by atoms with Gasteiger partial charge in [-0.2, -0.15) is 0 Å². The van der Waals surface area contributed by atoms with Crippen LogP contribution in [0.4, 0.5) is 0 Å². The largest absolute Gasteiger partial charge is 0.392 e. The van der Waals surface area contributed by atoms with Crippen molar-refractivity contribution < 1.29 is 5.11 Å². The highest BCUT2D eigenvalue weighted by molar-refractivity contribution is 7.15. The maximum absolute atomic E-state index is 9.89. The average molecular weight is 224 g/mol. The van der Waals surface area contributed by atoms with Crippen LogP contribution in [0.25, 0.3) is 4.96 Å². The Labute approximate surface area is 93.4 Å². The summed E-state index contributed by atoms with van der Waals surface area (Å²) in [6.45, 7) is 4.17. The summed E-state index contributed by atoms with van der Waals surface area (Å²) in [6.07, 6.45) is 5.37. The lowest BCUT2D eigenvalue weighted by Crippen LogP contribution is -2.19. The molecule has 15 heavy (non-hydrogen) atoms. The van der Waals surface area contributed by atoms with Gasteiger partial charge in [-0.05, 0) is 5.92 Å². The number of aromatic nitrogens is 2. The van der Waals surface area contributed by atoms with Crippen molar-refractivity contribution in [3.05, 3.63) is 23.5 Å². The molecule has 2 rings (SSSR count). The predicted octanol–water partition coefficient (Wildman–Crippen LogP) is 2.35. The van der Waals surface area contributed by atoms with Gasteiger partial charge < -0.3 is 5.11 Å². The Balaban J connectivity index is 2.09. The van der Waals surface area contributed by atoms with Gasteiger partial charge in [-0.15, -0.1) is 11.3 Å². The first-order valence-electron chi connectivity index (χ1n) is 5.30. The van der Waals surface area contributed by atoms with E-state index >= 15 is 0 Å². The standard InChI is InChI=1S/C11H16N2OS/c1-3-8(2)10(14)6-9-7-13-4-5-15-11(13)12-9/h4-5,7-8,10,14H,3,6H2,1-2H3. The van der Waals surface area contributed by atoms with E-state index in [1.54, 1.807) is 11.3 Å². The summed E-state index contributed by atoms with van der Waals surface area (Å²) in [5, 5.41) is 11.9. The van der Waals surface area contributed by atoms with E-state index in [9.17, 15) is 5.11 Å². The average Bonchev–Trinajstić information content (AvgIpc) is 2.76. The second-order valence-electron chi connectivity index (χ2n) is 3.98. The van der Waals surface area contributed by atoms with E-state index in [1.165, 1.54) is 0 Å². The van der Waals surface area contributed by atoms with Crippen molar-refractivity contribution in [3.8, 4) is 0 Å². The van der Waals surface area contributed by atoms with Crippen molar-refractivity contribution in [3.63, 3.8) is 0 Å². The molecule has 82 valence electrons. The fraction of sp³-hybridized carbons (Fsp3) is 0.545. The third kappa shape index (κ3) is 2.21. The number of hydrogen-bond donors (Lipinski definition) is 1. The number of fused-ring (bicyclic) bond motifs is 1. The molecular formula is C11H16N2OS. The molecule has 0 aliphatic heterocycles. The van der Waals surface area contributed by atoms with Gasteiger partial charge in [-0.1, -0.05) is 20.3 Å². The quantitative estimate of drug-likeness (QED) is 0.865. The van der Waals surface area contributed by atoms with Crippen molar-refractivity contribution >= 4 is 16.3 Å². The molecule has 2 aromatic heterocycles. The third-order valence-corrected chi connectivity index (χ3v) is 3.63. The van der Waals surface area contributed by atoms with Gasteiger partial charge in [0.2, 0.25) is 0 Å². The zero-order valence-electron chi connectivity index (χ0n) is 9.05. The second kappa shape index (κ2) is 4.33. The minimum absolute atomic E-state index is 0.278. The molecule has 2 aromatic rings. The molecule has 0 spiro atoms. The van der Waals surface area contributed by atoms with Crippen LogP contribution in [-0.4, -0.2) is 20.6 Å². The highest BCUT2D eigenvalue weighted by Gasteiger charge is 2.14. The molecule has 0 bridgehead atoms. The van der Waals surface area contributed by atoms with E-state index in [2.05, 4.69) is 18.8 Å². The smallest absolute Gasteiger partial charge is 0.193 e. The van der Waals surface area contributed by atoms with Crippen molar-refractivity contribution in [2.24, 2.45) is 5.92 Å². The van der Waals surface area contributed by atoms with E-state index in [-0.39, 0.29) is 6.10 Å². The fourth-order valence-electron chi connectivity index (χ4n) is 1.56. The fourth-order valence-corrected chi connectivity index (χ4v) is 2.28. The zero-order chi connectivity index (χ0) is 10.8. The van der Waals surface area contributed by atoms with E-state index in [4.69, 9.17) is 0 Å². The first kappa shape index (κ1) is 10.6. The number of imidazole rings is 1. The van der Waals surface area contributed by atoms with Gasteiger partial charge in [0.15, 0.2) is 4.96 Å². The van der Waals surface area contributed by atoms with Crippen LogP contribution < -0.4 is 0 Å². The Morgan fingerprint density at radius 3 is 3.07 bits per heavy atom. The van der Waals surface area contributed by atoms with Crippen LogP contribution in [0.5, 0.6) is 0 Å². The van der Waals surface area contributed by atoms with Crippen LogP contribution >= 0.6 is 11.3 Å². The number of thiazole rings is 1. The van der Waals surface area contributed by atoms with Gasteiger partial charge in [0.05, 0.1) is 11.8 Å². The molecule has 3 nitrogen and oxygen atoms in total. The SMILES string of the molecule is CCC(C)C(O)Cc1cn2ccsc2n1. The number of aliphatic hydroxyl groups excluding tert-OH is 1. The van der Waals surface area contributed by atoms with Crippen LogP contribution in [0.3, 0.4) is 0 Å². The van der Waals surface area contributed by atoms with E-state index in [1.807, 2.05) is 22.2 Å². The zero-order valence-corrected chi connectivity index (χ0v) is 9.87. The number of aliphatic hydroxyl groups is 1. The molecule has 2 heterocycles. The Morgan fingerprint density at radius 2 is 2.40 bits per heavy atom. The van der Waals surface area contributed by atoms with Crippen molar-refractivity contribution in [1.82, 2.24) is 9.38 Å². The highest BCUT2D eigenvalue weighted by Crippen LogP contribution is 2.16. The highest BCUT2D eigenvalue weighted by atomic mass is 32.1. The molecule has 0 saturated heterocycles. The second-order valence-corrected chi connectivity index (χ2v) is 4.86. The molecule has 0 fully saturated rings. The lowest BCUT2D eigenvalue weighted by molar-refractivity contribution is 0.114. The number of hydrogen-bond acceptors (Lipinski definition) is 3.